The maximum atomic E-state index is 12.3. The number of benzene rings is 2. The number of ether oxygens (including phenoxy) is 2. The summed E-state index contributed by atoms with van der Waals surface area (Å²) < 4.78 is 12.4. The Balaban J connectivity index is 1.64. The van der Waals surface area contributed by atoms with Crippen molar-refractivity contribution in [3.8, 4) is 11.5 Å². The molecule has 1 amide bonds. The lowest BCUT2D eigenvalue weighted by molar-refractivity contribution is -0.118. The number of amides is 1. The van der Waals surface area contributed by atoms with Crippen molar-refractivity contribution in [2.75, 3.05) is 19.0 Å². The molecule has 1 N–H and O–H groups in total. The van der Waals surface area contributed by atoms with E-state index in [0.29, 0.717) is 22.1 Å². The molecule has 1 aromatic heterocycles. The number of aryl methyl sites for hydroxylation is 2. The van der Waals surface area contributed by atoms with E-state index in [1.165, 1.54) is 17.9 Å². The number of aromatic nitrogens is 2. The van der Waals surface area contributed by atoms with E-state index in [0.717, 1.165) is 11.3 Å². The molecule has 3 aromatic rings. The second-order valence-corrected chi connectivity index (χ2v) is 7.17. The van der Waals surface area contributed by atoms with Gasteiger partial charge in [0.05, 0.1) is 12.1 Å². The van der Waals surface area contributed by atoms with E-state index in [4.69, 9.17) is 21.1 Å². The van der Waals surface area contributed by atoms with Gasteiger partial charge in [-0.25, -0.2) is 0 Å². The molecule has 8 heteroatoms. The number of carbonyl (C=O) groups is 2. The van der Waals surface area contributed by atoms with Crippen molar-refractivity contribution in [3.05, 3.63) is 76.6 Å². The van der Waals surface area contributed by atoms with Crippen molar-refractivity contribution in [3.63, 3.8) is 0 Å². The lowest BCUT2D eigenvalue weighted by atomic mass is 10.1. The number of hydrogen-bond donors (Lipinski definition) is 1. The molecule has 0 saturated heterocycles. The van der Waals surface area contributed by atoms with Crippen LogP contribution < -0.4 is 14.8 Å². The van der Waals surface area contributed by atoms with Gasteiger partial charge in [0.2, 0.25) is 5.78 Å². The summed E-state index contributed by atoms with van der Waals surface area (Å²) in [5, 5.41) is 7.15. The Morgan fingerprint density at radius 3 is 2.65 bits per heavy atom. The van der Waals surface area contributed by atoms with Gasteiger partial charge in [0.1, 0.15) is 0 Å². The minimum atomic E-state index is -0.308. The Hall–Kier alpha value is -3.58. The quantitative estimate of drug-likeness (QED) is 0.418. The van der Waals surface area contributed by atoms with Crippen LogP contribution in [0.25, 0.3) is 6.08 Å². The Bertz CT molecular complexity index is 1140. The Labute approximate surface area is 185 Å². The fraction of sp³-hybridized carbons (Fsp3) is 0.174. The molecule has 0 aliphatic rings. The van der Waals surface area contributed by atoms with Crippen molar-refractivity contribution in [1.29, 1.82) is 0 Å². The molecule has 0 unspecified atom stereocenters. The van der Waals surface area contributed by atoms with Gasteiger partial charge in [-0.2, -0.15) is 5.10 Å². The highest BCUT2D eigenvalue weighted by molar-refractivity contribution is 6.34. The molecular formula is C23H22ClN3O4. The van der Waals surface area contributed by atoms with Crippen LogP contribution in [-0.2, 0) is 11.8 Å². The lowest BCUT2D eigenvalue weighted by Crippen LogP contribution is -2.20. The standard InChI is InChI=1S/C23H22ClN3O4/c1-15-6-4-5-7-18(15)25-22(29)14-31-20-11-9-16(12-21(20)30-3)8-10-19(28)23-17(24)13-27(2)26-23/h4-13H,14H2,1-3H3,(H,25,29)/b10-8+. The number of allylic oxidation sites excluding steroid dienone is 1. The van der Waals surface area contributed by atoms with E-state index in [1.54, 1.807) is 37.5 Å². The molecule has 31 heavy (non-hydrogen) atoms. The number of rotatable bonds is 8. The Morgan fingerprint density at radius 1 is 1.19 bits per heavy atom. The largest absolute Gasteiger partial charge is 0.493 e. The first-order chi connectivity index (χ1) is 14.9. The third kappa shape index (κ3) is 5.73. The van der Waals surface area contributed by atoms with Crippen molar-refractivity contribution < 1.29 is 19.1 Å². The smallest absolute Gasteiger partial charge is 0.262 e. The predicted molar refractivity (Wildman–Crippen MR) is 120 cm³/mol. The minimum Gasteiger partial charge on any atom is -0.493 e. The van der Waals surface area contributed by atoms with E-state index < -0.39 is 0 Å². The van der Waals surface area contributed by atoms with Gasteiger partial charge in [0.25, 0.3) is 5.91 Å². The van der Waals surface area contributed by atoms with E-state index >= 15 is 0 Å². The monoisotopic (exact) mass is 439 g/mol. The first-order valence-electron chi connectivity index (χ1n) is 9.45. The summed E-state index contributed by atoms with van der Waals surface area (Å²) in [7, 11) is 3.19. The molecule has 3 rings (SSSR count). The number of anilines is 1. The van der Waals surface area contributed by atoms with Gasteiger partial charge in [-0.05, 0) is 42.3 Å². The van der Waals surface area contributed by atoms with Gasteiger partial charge < -0.3 is 14.8 Å². The molecule has 0 spiro atoms. The van der Waals surface area contributed by atoms with Gasteiger partial charge in [-0.15, -0.1) is 0 Å². The highest BCUT2D eigenvalue weighted by Gasteiger charge is 2.13. The maximum Gasteiger partial charge on any atom is 0.262 e. The summed E-state index contributed by atoms with van der Waals surface area (Å²) in [6.07, 6.45) is 4.58. The number of nitrogens with zero attached hydrogens (tertiary/aromatic N) is 2. The molecule has 0 aliphatic heterocycles. The molecule has 2 aromatic carbocycles. The van der Waals surface area contributed by atoms with Crippen molar-refractivity contribution >= 4 is 35.1 Å². The normalized spacial score (nSPS) is 10.8. The number of ketones is 1. The first kappa shape index (κ1) is 22.1. The second kappa shape index (κ2) is 9.95. The molecule has 0 bridgehead atoms. The van der Waals surface area contributed by atoms with Crippen molar-refractivity contribution in [2.24, 2.45) is 7.05 Å². The molecule has 7 nitrogen and oxygen atoms in total. The maximum absolute atomic E-state index is 12.3. The number of para-hydroxylation sites is 1. The lowest BCUT2D eigenvalue weighted by Gasteiger charge is -2.12. The first-order valence-corrected chi connectivity index (χ1v) is 9.83. The average Bonchev–Trinajstić information content (AvgIpc) is 3.10. The number of carbonyl (C=O) groups excluding carboxylic acids is 2. The van der Waals surface area contributed by atoms with Crippen LogP contribution in [-0.4, -0.2) is 35.2 Å². The minimum absolute atomic E-state index is 0.170. The van der Waals surface area contributed by atoms with E-state index in [-0.39, 0.29) is 24.0 Å². The van der Waals surface area contributed by atoms with Crippen LogP contribution >= 0.6 is 11.6 Å². The van der Waals surface area contributed by atoms with Crippen LogP contribution in [0.15, 0.2) is 54.7 Å². The molecule has 0 aliphatic carbocycles. The third-order valence-electron chi connectivity index (χ3n) is 4.41. The molecule has 1 heterocycles. The number of methoxy groups -OCH3 is 1. The number of hydrogen-bond acceptors (Lipinski definition) is 5. The van der Waals surface area contributed by atoms with Crippen LogP contribution in [0.3, 0.4) is 0 Å². The fourth-order valence-electron chi connectivity index (χ4n) is 2.83. The highest BCUT2D eigenvalue weighted by atomic mass is 35.5. The molecule has 0 radical (unpaired) electrons. The highest BCUT2D eigenvalue weighted by Crippen LogP contribution is 2.29. The van der Waals surface area contributed by atoms with Gasteiger partial charge in [-0.1, -0.05) is 41.9 Å². The van der Waals surface area contributed by atoms with E-state index in [2.05, 4.69) is 10.4 Å². The van der Waals surface area contributed by atoms with E-state index in [9.17, 15) is 9.59 Å². The molecular weight excluding hydrogens is 418 g/mol. The molecule has 0 atom stereocenters. The fourth-order valence-corrected chi connectivity index (χ4v) is 3.10. The van der Waals surface area contributed by atoms with Crippen molar-refractivity contribution in [2.45, 2.75) is 6.92 Å². The molecule has 0 saturated carbocycles. The SMILES string of the molecule is COc1cc(/C=C/C(=O)c2nn(C)cc2Cl)ccc1OCC(=O)Nc1ccccc1C. The van der Waals surface area contributed by atoms with E-state index in [1.807, 2.05) is 31.2 Å². The summed E-state index contributed by atoms with van der Waals surface area (Å²) in [6.45, 7) is 1.74. The van der Waals surface area contributed by atoms with Crippen LogP contribution in [0.1, 0.15) is 21.6 Å². The zero-order chi connectivity index (χ0) is 22.4. The molecule has 160 valence electrons. The second-order valence-electron chi connectivity index (χ2n) is 6.76. The summed E-state index contributed by atoms with van der Waals surface area (Å²) in [5.74, 6) is 0.267. The summed E-state index contributed by atoms with van der Waals surface area (Å²) in [4.78, 5) is 24.5. The van der Waals surface area contributed by atoms with Crippen LogP contribution in [0.2, 0.25) is 5.02 Å². The zero-order valence-corrected chi connectivity index (χ0v) is 18.1. The Morgan fingerprint density at radius 2 is 1.97 bits per heavy atom. The third-order valence-corrected chi connectivity index (χ3v) is 4.69. The average molecular weight is 440 g/mol. The summed E-state index contributed by atoms with van der Waals surface area (Å²) in [6, 6.07) is 12.6. The number of halogens is 1. The van der Waals surface area contributed by atoms with Gasteiger partial charge >= 0.3 is 0 Å². The topological polar surface area (TPSA) is 82.4 Å². The van der Waals surface area contributed by atoms with Crippen LogP contribution in [0.5, 0.6) is 11.5 Å². The van der Waals surface area contributed by atoms with Crippen LogP contribution in [0.4, 0.5) is 5.69 Å². The number of nitrogens with one attached hydrogen (secondary N) is 1. The summed E-state index contributed by atoms with van der Waals surface area (Å²) in [5.41, 5.74) is 2.60. The van der Waals surface area contributed by atoms with Crippen molar-refractivity contribution in [1.82, 2.24) is 9.78 Å². The Kier molecular flexibility index (Phi) is 7.10. The van der Waals surface area contributed by atoms with Gasteiger partial charge in [0.15, 0.2) is 23.8 Å². The summed E-state index contributed by atoms with van der Waals surface area (Å²) >= 11 is 6.00. The predicted octanol–water partition coefficient (Wildman–Crippen LogP) is 4.30. The van der Waals surface area contributed by atoms with Gasteiger partial charge in [-0.3, -0.25) is 14.3 Å². The van der Waals surface area contributed by atoms with Crippen LogP contribution in [0, 0.1) is 6.92 Å². The zero-order valence-electron chi connectivity index (χ0n) is 17.4. The molecule has 0 fully saturated rings. The van der Waals surface area contributed by atoms with Gasteiger partial charge in [0, 0.05) is 18.9 Å².